The number of likely N-dealkylation sites (tertiary alicyclic amines) is 1. The van der Waals surface area contributed by atoms with Gasteiger partial charge in [0, 0.05) is 28.2 Å². The van der Waals surface area contributed by atoms with E-state index >= 15 is 0 Å². The molecule has 226 valence electrons. The first-order valence-corrected chi connectivity index (χ1v) is 18.9. The number of amides is 2. The van der Waals surface area contributed by atoms with Crippen molar-refractivity contribution in [2.45, 2.75) is 62.6 Å². The number of para-hydroxylation sites is 1. The Morgan fingerprint density at radius 2 is 1.84 bits per heavy atom. The van der Waals surface area contributed by atoms with E-state index in [-0.39, 0.29) is 42.3 Å². The molecule has 0 unspecified atom stereocenters. The summed E-state index contributed by atoms with van der Waals surface area (Å²) in [4.78, 5) is 32.3. The highest BCUT2D eigenvalue weighted by Crippen LogP contribution is 2.61. The zero-order valence-corrected chi connectivity index (χ0v) is 27.7. The fraction of sp³-hybridized carbons (Fsp3) is 0.412. The number of aliphatic hydroxyl groups is 1. The van der Waals surface area contributed by atoms with Gasteiger partial charge in [-0.1, -0.05) is 71.5 Å². The van der Waals surface area contributed by atoms with Crippen molar-refractivity contribution < 1.29 is 24.2 Å². The van der Waals surface area contributed by atoms with Crippen LogP contribution in [0.2, 0.25) is 18.6 Å². The Hall–Kier alpha value is -2.98. The summed E-state index contributed by atoms with van der Waals surface area (Å²) in [5, 5.41) is 11.2. The average Bonchev–Trinajstić information content (AvgIpc) is 3.67. The van der Waals surface area contributed by atoms with Crippen LogP contribution in [0.15, 0.2) is 77.3 Å². The van der Waals surface area contributed by atoms with Crippen molar-refractivity contribution in [3.05, 3.63) is 82.8 Å². The topological polar surface area (TPSA) is 79.3 Å². The van der Waals surface area contributed by atoms with Crippen LogP contribution in [-0.2, 0) is 19.9 Å². The molecule has 3 aromatic rings. The number of hydrogen-bond donors (Lipinski definition) is 1. The zero-order valence-electron chi connectivity index (χ0n) is 25.1. The van der Waals surface area contributed by atoms with Gasteiger partial charge in [0.05, 0.1) is 46.0 Å². The van der Waals surface area contributed by atoms with Crippen LogP contribution in [0.3, 0.4) is 0 Å². The van der Waals surface area contributed by atoms with Crippen molar-refractivity contribution >= 4 is 52.4 Å². The van der Waals surface area contributed by atoms with Crippen molar-refractivity contribution in [2.24, 2.45) is 5.92 Å². The number of fused-ring (bicyclic) bond motifs is 2. The number of rotatable bonds is 7. The van der Waals surface area contributed by atoms with Gasteiger partial charge in [0.2, 0.25) is 5.91 Å². The second-order valence-electron chi connectivity index (χ2n) is 12.6. The van der Waals surface area contributed by atoms with Gasteiger partial charge >= 0.3 is 0 Å². The largest absolute Gasteiger partial charge is 0.497 e. The van der Waals surface area contributed by atoms with Crippen LogP contribution < -0.4 is 14.8 Å². The quantitative estimate of drug-likeness (QED) is 0.327. The standard InChI is InChI=1S/C34H39BrN2O5Si/c1-22-32(43(3,4)27-15-13-26(41-2)14-16-27)30(20-31(39)36-18-8-11-25(36)21-38)42-34(22)28-19-23(35)12-17-29(28)37(33(34)40)24-9-6-5-7-10-24/h5-7,9-10,12-17,19,22,25,30,32,38H,8,11,18,20-21H2,1-4H3/t22-,25-,30+,32-,34+/m0/s1. The van der Waals surface area contributed by atoms with Gasteiger partial charge in [-0.25, -0.2) is 0 Å². The zero-order chi connectivity index (χ0) is 30.5. The molecule has 0 saturated carbocycles. The van der Waals surface area contributed by atoms with Crippen LogP contribution in [-0.4, -0.2) is 62.3 Å². The van der Waals surface area contributed by atoms with Crippen molar-refractivity contribution in [1.29, 1.82) is 0 Å². The minimum absolute atomic E-state index is 0.0184. The molecule has 3 aliphatic rings. The Kier molecular flexibility index (Phi) is 8.04. The summed E-state index contributed by atoms with van der Waals surface area (Å²) in [5.74, 6) is 0.443. The predicted octanol–water partition coefficient (Wildman–Crippen LogP) is 5.73. The summed E-state index contributed by atoms with van der Waals surface area (Å²) in [5.41, 5.74) is 1.13. The van der Waals surface area contributed by atoms with Crippen molar-refractivity contribution in [2.75, 3.05) is 25.2 Å². The minimum atomic E-state index is -2.38. The highest BCUT2D eigenvalue weighted by atomic mass is 79.9. The molecular formula is C34H39BrN2O5Si. The first kappa shape index (κ1) is 30.1. The number of aliphatic hydroxyl groups excluding tert-OH is 1. The highest BCUT2D eigenvalue weighted by molar-refractivity contribution is 9.10. The molecule has 2 fully saturated rings. The molecule has 3 heterocycles. The third-order valence-electron chi connectivity index (χ3n) is 10.0. The van der Waals surface area contributed by atoms with E-state index in [4.69, 9.17) is 9.47 Å². The Bertz CT molecular complexity index is 1520. The average molecular weight is 664 g/mol. The Labute approximate surface area is 262 Å². The molecule has 1 N–H and O–H groups in total. The van der Waals surface area contributed by atoms with Crippen LogP contribution in [0.5, 0.6) is 5.75 Å². The Morgan fingerprint density at radius 3 is 2.51 bits per heavy atom. The van der Waals surface area contributed by atoms with Gasteiger partial charge < -0.3 is 19.5 Å². The van der Waals surface area contributed by atoms with E-state index < -0.39 is 19.8 Å². The van der Waals surface area contributed by atoms with E-state index in [1.54, 1.807) is 12.0 Å². The molecule has 1 spiro atoms. The molecule has 43 heavy (non-hydrogen) atoms. The molecule has 2 amide bonds. The third-order valence-corrected chi connectivity index (χ3v) is 14.9. The summed E-state index contributed by atoms with van der Waals surface area (Å²) in [6, 6.07) is 23.7. The lowest BCUT2D eigenvalue weighted by molar-refractivity contribution is -0.149. The van der Waals surface area contributed by atoms with Gasteiger partial charge in [0.1, 0.15) is 5.75 Å². The SMILES string of the molecule is COc1ccc([Si](C)(C)[C@@H]2[C@@H](CC(=O)N3CCC[C@H]3CO)O[C@]3(C(=O)N(c4ccccc4)c4ccc(Br)cc43)[C@H]2C)cc1. The number of anilines is 2. The van der Waals surface area contributed by atoms with Gasteiger partial charge in [-0.05, 0) is 60.8 Å². The van der Waals surface area contributed by atoms with E-state index in [1.165, 1.54) is 5.19 Å². The predicted molar refractivity (Wildman–Crippen MR) is 174 cm³/mol. The molecule has 0 radical (unpaired) electrons. The second kappa shape index (κ2) is 11.5. The lowest BCUT2D eigenvalue weighted by Crippen LogP contribution is -2.52. The number of benzene rings is 3. The molecule has 0 aromatic heterocycles. The maximum atomic E-state index is 14.8. The van der Waals surface area contributed by atoms with Gasteiger partial charge in [0.15, 0.2) is 5.60 Å². The summed E-state index contributed by atoms with van der Waals surface area (Å²) in [6.45, 7) is 7.37. The summed E-state index contributed by atoms with van der Waals surface area (Å²) >= 11 is 3.66. The lowest BCUT2D eigenvalue weighted by atomic mass is 9.82. The third kappa shape index (κ3) is 4.85. The van der Waals surface area contributed by atoms with Crippen LogP contribution in [0, 0.1) is 5.92 Å². The number of carbonyl (C=O) groups excluding carboxylic acids is 2. The number of halogens is 1. The van der Waals surface area contributed by atoms with Crippen LogP contribution in [0.25, 0.3) is 0 Å². The number of methoxy groups -OCH3 is 1. The minimum Gasteiger partial charge on any atom is -0.497 e. The number of nitrogens with zero attached hydrogens (tertiary/aromatic N) is 2. The summed E-state index contributed by atoms with van der Waals surface area (Å²) in [7, 11) is -0.722. The fourth-order valence-corrected chi connectivity index (χ4v) is 12.3. The van der Waals surface area contributed by atoms with Crippen LogP contribution in [0.1, 0.15) is 31.7 Å². The smallest absolute Gasteiger partial charge is 0.268 e. The van der Waals surface area contributed by atoms with Crippen molar-refractivity contribution in [3.63, 3.8) is 0 Å². The first-order valence-electron chi connectivity index (χ1n) is 15.1. The summed E-state index contributed by atoms with van der Waals surface area (Å²) < 4.78 is 13.4. The molecule has 3 aromatic carbocycles. The monoisotopic (exact) mass is 662 g/mol. The molecule has 5 atom stereocenters. The van der Waals surface area contributed by atoms with E-state index in [0.717, 1.165) is 40.0 Å². The highest BCUT2D eigenvalue weighted by Gasteiger charge is 2.66. The molecule has 0 aliphatic carbocycles. The molecule has 3 aliphatic heterocycles. The number of carbonyl (C=O) groups is 2. The van der Waals surface area contributed by atoms with Gasteiger partial charge in [-0.3, -0.25) is 14.5 Å². The van der Waals surface area contributed by atoms with Crippen molar-refractivity contribution in [1.82, 2.24) is 4.90 Å². The van der Waals surface area contributed by atoms with Gasteiger partial charge in [-0.15, -0.1) is 0 Å². The van der Waals surface area contributed by atoms with Gasteiger partial charge in [0.25, 0.3) is 5.91 Å². The molecule has 9 heteroatoms. The maximum Gasteiger partial charge on any atom is 0.268 e. The lowest BCUT2D eigenvalue weighted by Gasteiger charge is -2.37. The maximum absolute atomic E-state index is 14.8. The van der Waals surface area contributed by atoms with E-state index in [9.17, 15) is 14.7 Å². The van der Waals surface area contributed by atoms with Gasteiger partial charge in [-0.2, -0.15) is 0 Å². The number of hydrogen-bond acceptors (Lipinski definition) is 5. The first-order chi connectivity index (χ1) is 20.6. The summed E-state index contributed by atoms with van der Waals surface area (Å²) in [6.07, 6.45) is 1.37. The molecule has 7 nitrogen and oxygen atoms in total. The van der Waals surface area contributed by atoms with E-state index in [2.05, 4.69) is 48.1 Å². The molecule has 0 bridgehead atoms. The van der Waals surface area contributed by atoms with Crippen LogP contribution in [0.4, 0.5) is 11.4 Å². The van der Waals surface area contributed by atoms with E-state index in [0.29, 0.717) is 6.54 Å². The number of ether oxygens (including phenoxy) is 2. The van der Waals surface area contributed by atoms with Crippen molar-refractivity contribution in [3.8, 4) is 5.75 Å². The fourth-order valence-electron chi connectivity index (χ4n) is 7.89. The molecule has 2 saturated heterocycles. The Morgan fingerprint density at radius 1 is 1.12 bits per heavy atom. The molecule has 6 rings (SSSR count). The van der Waals surface area contributed by atoms with Crippen LogP contribution >= 0.6 is 15.9 Å². The molecular weight excluding hydrogens is 624 g/mol. The van der Waals surface area contributed by atoms with E-state index in [1.807, 2.05) is 65.6 Å². The second-order valence-corrected chi connectivity index (χ2v) is 18.2. The Balaban J connectivity index is 1.47. The normalized spacial score (nSPS) is 26.8.